The number of anilines is 2. The molecule has 0 saturated carbocycles. The average Bonchev–Trinajstić information content (AvgIpc) is 2.54. The van der Waals surface area contributed by atoms with Gasteiger partial charge in [-0.15, -0.1) is 0 Å². The molecule has 25 heavy (non-hydrogen) atoms. The van der Waals surface area contributed by atoms with Gasteiger partial charge in [0.05, 0.1) is 17.1 Å². The Kier molecular flexibility index (Phi) is 4.62. The molecule has 3 aromatic rings. The van der Waals surface area contributed by atoms with Gasteiger partial charge in [0.2, 0.25) is 11.9 Å². The second-order valence-corrected chi connectivity index (χ2v) is 5.86. The van der Waals surface area contributed by atoms with Gasteiger partial charge in [0.25, 0.3) is 5.56 Å². The minimum atomic E-state index is -0.459. The number of halogens is 1. The number of rotatable bonds is 4. The lowest BCUT2D eigenvalue weighted by Gasteiger charge is -2.13. The Labute approximate surface area is 147 Å². The average molecular weight is 359 g/mol. The van der Waals surface area contributed by atoms with Crippen LogP contribution < -0.4 is 16.2 Å². The quantitative estimate of drug-likeness (QED) is 0.660. The lowest BCUT2D eigenvalue weighted by molar-refractivity contribution is -0.114. The lowest BCUT2D eigenvalue weighted by Crippen LogP contribution is -2.22. The number of carbonyl (C=O) groups is 1. The minimum Gasteiger partial charge on any atom is -0.346 e. The second kappa shape index (κ2) is 6.86. The lowest BCUT2D eigenvalue weighted by atomic mass is 10.2. The second-order valence-electron chi connectivity index (χ2n) is 5.43. The Morgan fingerprint density at radius 2 is 2.08 bits per heavy atom. The standard InChI is InChI=1S/C16H15ClN6O2/c1-8(19-16-18-6-5-13(23-16)20-9(2)24)14-15(25)22-11-4-3-10(17)7-12(11)21-14/h3-8H,1-2H3,(H,22,25)(H2,18,19,20,23,24)/t8-/m0/s1. The molecule has 8 nitrogen and oxygen atoms in total. The molecule has 3 rings (SSSR count). The number of nitrogens with one attached hydrogen (secondary N) is 3. The molecule has 2 aromatic heterocycles. The van der Waals surface area contributed by atoms with E-state index in [0.717, 1.165) is 0 Å². The van der Waals surface area contributed by atoms with Gasteiger partial charge in [-0.2, -0.15) is 4.98 Å². The van der Waals surface area contributed by atoms with Gasteiger partial charge < -0.3 is 15.6 Å². The molecule has 0 spiro atoms. The zero-order valence-electron chi connectivity index (χ0n) is 13.5. The fourth-order valence-electron chi connectivity index (χ4n) is 2.30. The number of amides is 1. The third-order valence-electron chi connectivity index (χ3n) is 3.40. The fourth-order valence-corrected chi connectivity index (χ4v) is 2.47. The minimum absolute atomic E-state index is 0.234. The molecule has 1 aromatic carbocycles. The number of aromatic amines is 1. The first-order chi connectivity index (χ1) is 11.9. The predicted molar refractivity (Wildman–Crippen MR) is 95.7 cm³/mol. The van der Waals surface area contributed by atoms with Crippen molar-refractivity contribution in [3.05, 3.63) is 51.5 Å². The highest BCUT2D eigenvalue weighted by atomic mass is 35.5. The van der Waals surface area contributed by atoms with E-state index in [9.17, 15) is 9.59 Å². The highest BCUT2D eigenvalue weighted by molar-refractivity contribution is 6.31. The molecule has 0 saturated heterocycles. The molecule has 0 aliphatic heterocycles. The summed E-state index contributed by atoms with van der Waals surface area (Å²) in [5.41, 5.74) is 1.16. The van der Waals surface area contributed by atoms with Gasteiger partial charge in [0.1, 0.15) is 11.5 Å². The van der Waals surface area contributed by atoms with Crippen LogP contribution in [0, 0.1) is 0 Å². The van der Waals surface area contributed by atoms with Crippen molar-refractivity contribution in [3.63, 3.8) is 0 Å². The highest BCUT2D eigenvalue weighted by Gasteiger charge is 2.14. The first-order valence-electron chi connectivity index (χ1n) is 7.49. The summed E-state index contributed by atoms with van der Waals surface area (Å²) < 4.78 is 0. The Bertz CT molecular complexity index is 1000. The topological polar surface area (TPSA) is 113 Å². The summed E-state index contributed by atoms with van der Waals surface area (Å²) >= 11 is 5.98. The molecule has 0 aliphatic rings. The largest absolute Gasteiger partial charge is 0.346 e. The van der Waals surface area contributed by atoms with Crippen molar-refractivity contribution in [2.45, 2.75) is 19.9 Å². The zero-order valence-corrected chi connectivity index (χ0v) is 14.3. The third kappa shape index (κ3) is 3.92. The number of hydrogen-bond donors (Lipinski definition) is 3. The summed E-state index contributed by atoms with van der Waals surface area (Å²) in [7, 11) is 0. The van der Waals surface area contributed by atoms with Crippen LogP contribution >= 0.6 is 11.6 Å². The summed E-state index contributed by atoms with van der Waals surface area (Å²) in [6.45, 7) is 3.16. The van der Waals surface area contributed by atoms with Crippen LogP contribution in [0.4, 0.5) is 11.8 Å². The van der Waals surface area contributed by atoms with Gasteiger partial charge in [-0.1, -0.05) is 11.6 Å². The summed E-state index contributed by atoms with van der Waals surface area (Å²) in [6.07, 6.45) is 1.51. The van der Waals surface area contributed by atoms with Crippen molar-refractivity contribution >= 4 is 40.3 Å². The van der Waals surface area contributed by atoms with Crippen LogP contribution in [0.15, 0.2) is 35.3 Å². The molecule has 0 fully saturated rings. The normalized spacial score (nSPS) is 12.0. The first kappa shape index (κ1) is 16.8. The van der Waals surface area contributed by atoms with Crippen molar-refractivity contribution in [2.24, 2.45) is 0 Å². The number of fused-ring (bicyclic) bond motifs is 1. The molecule has 1 atom stereocenters. The summed E-state index contributed by atoms with van der Waals surface area (Å²) in [4.78, 5) is 38.8. The molecular formula is C16H15ClN6O2. The first-order valence-corrected chi connectivity index (χ1v) is 7.87. The van der Waals surface area contributed by atoms with Crippen LogP contribution in [0.2, 0.25) is 5.02 Å². The van der Waals surface area contributed by atoms with E-state index in [0.29, 0.717) is 21.9 Å². The van der Waals surface area contributed by atoms with Gasteiger partial charge in [-0.25, -0.2) is 9.97 Å². The van der Waals surface area contributed by atoms with E-state index in [2.05, 4.69) is 30.6 Å². The van der Waals surface area contributed by atoms with Crippen molar-refractivity contribution in [2.75, 3.05) is 10.6 Å². The zero-order chi connectivity index (χ0) is 18.0. The summed E-state index contributed by atoms with van der Waals surface area (Å²) in [5.74, 6) is 0.401. The SMILES string of the molecule is CC(=O)Nc1ccnc(N[C@@H](C)c2nc3cc(Cl)ccc3[nH]c2=O)n1. The van der Waals surface area contributed by atoms with Crippen LogP contribution in [0.5, 0.6) is 0 Å². The maximum Gasteiger partial charge on any atom is 0.272 e. The molecule has 0 unspecified atom stereocenters. The van der Waals surface area contributed by atoms with E-state index in [1.165, 1.54) is 13.1 Å². The number of benzene rings is 1. The smallest absolute Gasteiger partial charge is 0.272 e. The molecule has 0 aliphatic carbocycles. The van der Waals surface area contributed by atoms with Gasteiger partial charge in [-0.3, -0.25) is 9.59 Å². The van der Waals surface area contributed by atoms with E-state index >= 15 is 0 Å². The van der Waals surface area contributed by atoms with Crippen LogP contribution in [0.25, 0.3) is 11.0 Å². The Morgan fingerprint density at radius 1 is 1.28 bits per heavy atom. The maximum atomic E-state index is 12.3. The number of H-pyrrole nitrogens is 1. The van der Waals surface area contributed by atoms with E-state index < -0.39 is 6.04 Å². The third-order valence-corrected chi connectivity index (χ3v) is 3.63. The van der Waals surface area contributed by atoms with Gasteiger partial charge in [0, 0.05) is 18.1 Å². The van der Waals surface area contributed by atoms with Crippen LogP contribution in [-0.2, 0) is 4.79 Å². The van der Waals surface area contributed by atoms with Crippen molar-refractivity contribution in [1.82, 2.24) is 19.9 Å². The summed E-state index contributed by atoms with van der Waals surface area (Å²) in [6, 6.07) is 6.18. The summed E-state index contributed by atoms with van der Waals surface area (Å²) in [5, 5.41) is 6.11. The van der Waals surface area contributed by atoms with Crippen LogP contribution in [0.3, 0.4) is 0 Å². The van der Waals surface area contributed by atoms with E-state index in [-0.39, 0.29) is 23.1 Å². The number of hydrogen-bond acceptors (Lipinski definition) is 6. The van der Waals surface area contributed by atoms with Crippen LogP contribution in [0.1, 0.15) is 25.6 Å². The van der Waals surface area contributed by atoms with Crippen LogP contribution in [-0.4, -0.2) is 25.8 Å². The predicted octanol–water partition coefficient (Wildman–Crippen LogP) is 2.50. The van der Waals surface area contributed by atoms with E-state index in [1.54, 1.807) is 31.2 Å². The van der Waals surface area contributed by atoms with Crippen molar-refractivity contribution in [1.29, 1.82) is 0 Å². The van der Waals surface area contributed by atoms with E-state index in [4.69, 9.17) is 11.6 Å². The monoisotopic (exact) mass is 358 g/mol. The Hall–Kier alpha value is -3.00. The van der Waals surface area contributed by atoms with Gasteiger partial charge in [-0.05, 0) is 31.2 Å². The molecular weight excluding hydrogens is 344 g/mol. The molecule has 9 heteroatoms. The maximum absolute atomic E-state index is 12.3. The fraction of sp³-hybridized carbons (Fsp3) is 0.188. The number of carbonyl (C=O) groups excluding carboxylic acids is 1. The molecule has 0 bridgehead atoms. The molecule has 1 amide bonds. The van der Waals surface area contributed by atoms with Crippen molar-refractivity contribution < 1.29 is 4.79 Å². The van der Waals surface area contributed by atoms with E-state index in [1.807, 2.05) is 0 Å². The van der Waals surface area contributed by atoms with Crippen molar-refractivity contribution in [3.8, 4) is 0 Å². The number of nitrogens with zero attached hydrogens (tertiary/aromatic N) is 3. The Balaban J connectivity index is 1.89. The molecule has 128 valence electrons. The Morgan fingerprint density at radius 3 is 2.84 bits per heavy atom. The highest BCUT2D eigenvalue weighted by Crippen LogP contribution is 2.18. The number of aromatic nitrogens is 4. The molecule has 0 radical (unpaired) electrons. The van der Waals surface area contributed by atoms with Gasteiger partial charge in [0.15, 0.2) is 0 Å². The van der Waals surface area contributed by atoms with Gasteiger partial charge >= 0.3 is 0 Å². The molecule has 3 N–H and O–H groups in total. The molecule has 2 heterocycles.